The van der Waals surface area contributed by atoms with Crippen molar-refractivity contribution >= 4 is 5.91 Å². The van der Waals surface area contributed by atoms with E-state index in [1.165, 1.54) is 13.0 Å². The van der Waals surface area contributed by atoms with Crippen LogP contribution in [0.15, 0.2) is 0 Å². The number of hydrogen-bond donors (Lipinski definition) is 0. The van der Waals surface area contributed by atoms with E-state index in [1.807, 2.05) is 18.9 Å². The van der Waals surface area contributed by atoms with Gasteiger partial charge in [-0.05, 0) is 26.4 Å². The Morgan fingerprint density at radius 3 is 2.85 bits per heavy atom. The minimum absolute atomic E-state index is 0.264. The van der Waals surface area contributed by atoms with Crippen molar-refractivity contribution in [1.29, 1.82) is 0 Å². The summed E-state index contributed by atoms with van der Waals surface area (Å²) < 4.78 is 0. The van der Waals surface area contributed by atoms with E-state index < -0.39 is 0 Å². The minimum Gasteiger partial charge on any atom is -0.342 e. The molecule has 1 unspecified atom stereocenters. The van der Waals surface area contributed by atoms with Gasteiger partial charge in [-0.1, -0.05) is 6.92 Å². The van der Waals surface area contributed by atoms with Gasteiger partial charge < -0.3 is 9.80 Å². The lowest BCUT2D eigenvalue weighted by Crippen LogP contribution is -2.47. The largest absolute Gasteiger partial charge is 0.342 e. The third-order valence-electron chi connectivity index (χ3n) is 2.84. The summed E-state index contributed by atoms with van der Waals surface area (Å²) in [5.41, 5.74) is 0. The number of hydrogen-bond acceptors (Lipinski definition) is 2. The SMILES string of the molecule is CCC(=O)N(C)C1CCCN(C)C1. The van der Waals surface area contributed by atoms with Crippen molar-refractivity contribution in [3.05, 3.63) is 0 Å². The highest BCUT2D eigenvalue weighted by Crippen LogP contribution is 2.13. The van der Waals surface area contributed by atoms with Crippen LogP contribution in [0.4, 0.5) is 0 Å². The van der Waals surface area contributed by atoms with Crippen molar-refractivity contribution < 1.29 is 4.79 Å². The maximum atomic E-state index is 11.4. The third kappa shape index (κ3) is 2.69. The molecule has 3 heteroatoms. The first-order valence-corrected chi connectivity index (χ1v) is 5.09. The van der Waals surface area contributed by atoms with Crippen molar-refractivity contribution in [2.24, 2.45) is 0 Å². The summed E-state index contributed by atoms with van der Waals surface area (Å²) in [7, 11) is 4.05. The van der Waals surface area contributed by atoms with Gasteiger partial charge in [0.25, 0.3) is 0 Å². The van der Waals surface area contributed by atoms with Crippen LogP contribution in [0.25, 0.3) is 0 Å². The highest BCUT2D eigenvalue weighted by Gasteiger charge is 2.23. The number of amides is 1. The second kappa shape index (κ2) is 4.61. The Kier molecular flexibility index (Phi) is 3.72. The van der Waals surface area contributed by atoms with Gasteiger partial charge in [0, 0.05) is 26.1 Å². The lowest BCUT2D eigenvalue weighted by molar-refractivity contribution is -0.132. The quantitative estimate of drug-likeness (QED) is 0.638. The number of nitrogens with zero attached hydrogens (tertiary/aromatic N) is 2. The van der Waals surface area contributed by atoms with Gasteiger partial charge in [-0.25, -0.2) is 0 Å². The second-order valence-corrected chi connectivity index (χ2v) is 3.92. The number of carbonyl (C=O) groups excluding carboxylic acids is 1. The molecule has 3 nitrogen and oxygen atoms in total. The van der Waals surface area contributed by atoms with E-state index in [0.717, 1.165) is 13.0 Å². The minimum atomic E-state index is 0.264. The Hall–Kier alpha value is -0.570. The molecule has 0 aromatic rings. The third-order valence-corrected chi connectivity index (χ3v) is 2.84. The molecule has 0 bridgehead atoms. The Morgan fingerprint density at radius 1 is 1.62 bits per heavy atom. The van der Waals surface area contributed by atoms with Crippen LogP contribution in [0, 0.1) is 0 Å². The predicted molar refractivity (Wildman–Crippen MR) is 53.6 cm³/mol. The van der Waals surface area contributed by atoms with Crippen LogP contribution in [-0.2, 0) is 4.79 Å². The van der Waals surface area contributed by atoms with E-state index in [0.29, 0.717) is 12.5 Å². The first-order valence-electron chi connectivity index (χ1n) is 5.09. The van der Waals surface area contributed by atoms with Crippen LogP contribution in [0.1, 0.15) is 26.2 Å². The van der Waals surface area contributed by atoms with Crippen LogP contribution >= 0.6 is 0 Å². The van der Waals surface area contributed by atoms with Crippen molar-refractivity contribution in [2.75, 3.05) is 27.2 Å². The van der Waals surface area contributed by atoms with E-state index >= 15 is 0 Å². The fraction of sp³-hybridized carbons (Fsp3) is 0.900. The normalized spacial score (nSPS) is 24.4. The molecule has 0 aromatic carbocycles. The maximum Gasteiger partial charge on any atom is 0.222 e. The topological polar surface area (TPSA) is 23.6 Å². The monoisotopic (exact) mass is 184 g/mol. The van der Waals surface area contributed by atoms with Crippen LogP contribution in [0.5, 0.6) is 0 Å². The highest BCUT2D eigenvalue weighted by molar-refractivity contribution is 5.75. The second-order valence-electron chi connectivity index (χ2n) is 3.92. The Labute approximate surface area is 80.7 Å². The van der Waals surface area contributed by atoms with Crippen molar-refractivity contribution in [1.82, 2.24) is 9.80 Å². The van der Waals surface area contributed by atoms with Gasteiger partial charge in [0.2, 0.25) is 5.91 Å². The molecule has 13 heavy (non-hydrogen) atoms. The number of piperidine rings is 1. The Morgan fingerprint density at radius 2 is 2.31 bits per heavy atom. The Bertz CT molecular complexity index is 182. The maximum absolute atomic E-state index is 11.4. The first-order chi connectivity index (χ1) is 6.15. The lowest BCUT2D eigenvalue weighted by Gasteiger charge is -2.35. The molecule has 1 atom stereocenters. The molecule has 76 valence electrons. The summed E-state index contributed by atoms with van der Waals surface area (Å²) in [5, 5.41) is 0. The van der Waals surface area contributed by atoms with Gasteiger partial charge in [0.05, 0.1) is 0 Å². The van der Waals surface area contributed by atoms with Gasteiger partial charge in [-0.15, -0.1) is 0 Å². The van der Waals surface area contributed by atoms with Gasteiger partial charge in [0.15, 0.2) is 0 Å². The van der Waals surface area contributed by atoms with E-state index in [9.17, 15) is 4.79 Å². The zero-order chi connectivity index (χ0) is 9.84. The molecule has 0 N–H and O–H groups in total. The molecule has 0 radical (unpaired) electrons. The molecule has 1 saturated heterocycles. The number of carbonyl (C=O) groups is 1. The first kappa shape index (κ1) is 10.5. The van der Waals surface area contributed by atoms with Crippen LogP contribution in [0.3, 0.4) is 0 Å². The molecule has 0 saturated carbocycles. The van der Waals surface area contributed by atoms with E-state index in [2.05, 4.69) is 11.9 Å². The van der Waals surface area contributed by atoms with Gasteiger partial charge >= 0.3 is 0 Å². The van der Waals surface area contributed by atoms with Gasteiger partial charge in [0.1, 0.15) is 0 Å². The fourth-order valence-electron chi connectivity index (χ4n) is 1.91. The summed E-state index contributed by atoms with van der Waals surface area (Å²) in [6.45, 7) is 4.12. The molecule has 1 aliphatic rings. The molecular formula is C10H20N2O. The predicted octanol–water partition coefficient (Wildman–Crippen LogP) is 0.949. The smallest absolute Gasteiger partial charge is 0.222 e. The standard InChI is InChI=1S/C10H20N2O/c1-4-10(13)12(3)9-6-5-7-11(2)8-9/h9H,4-8H2,1-3H3. The van der Waals surface area contributed by atoms with Crippen LogP contribution in [0.2, 0.25) is 0 Å². The zero-order valence-electron chi connectivity index (χ0n) is 8.92. The fourth-order valence-corrected chi connectivity index (χ4v) is 1.91. The highest BCUT2D eigenvalue weighted by atomic mass is 16.2. The number of rotatable bonds is 2. The summed E-state index contributed by atoms with van der Waals surface area (Å²) in [5.74, 6) is 0.264. The van der Waals surface area contributed by atoms with E-state index in [4.69, 9.17) is 0 Å². The summed E-state index contributed by atoms with van der Waals surface area (Å²) >= 11 is 0. The van der Waals surface area contributed by atoms with Crippen LogP contribution < -0.4 is 0 Å². The number of likely N-dealkylation sites (tertiary alicyclic amines) is 1. The molecule has 1 aliphatic heterocycles. The average Bonchev–Trinajstić information content (AvgIpc) is 2.15. The molecule has 0 aliphatic carbocycles. The summed E-state index contributed by atoms with van der Waals surface area (Å²) in [6.07, 6.45) is 2.99. The number of likely N-dealkylation sites (N-methyl/N-ethyl adjacent to an activating group) is 2. The zero-order valence-corrected chi connectivity index (χ0v) is 8.92. The molecule has 1 rings (SSSR count). The molecular weight excluding hydrogens is 164 g/mol. The summed E-state index contributed by atoms with van der Waals surface area (Å²) in [4.78, 5) is 15.6. The van der Waals surface area contributed by atoms with Crippen molar-refractivity contribution in [2.45, 2.75) is 32.2 Å². The average molecular weight is 184 g/mol. The summed E-state index contributed by atoms with van der Waals surface area (Å²) in [6, 6.07) is 0.436. The van der Waals surface area contributed by atoms with Gasteiger partial charge in [-0.3, -0.25) is 4.79 Å². The molecule has 1 heterocycles. The lowest BCUT2D eigenvalue weighted by atomic mass is 10.0. The van der Waals surface area contributed by atoms with Gasteiger partial charge in [-0.2, -0.15) is 0 Å². The molecule has 0 aromatic heterocycles. The molecule has 1 fully saturated rings. The Balaban J connectivity index is 2.45. The van der Waals surface area contributed by atoms with Crippen LogP contribution in [-0.4, -0.2) is 48.9 Å². The van der Waals surface area contributed by atoms with E-state index in [-0.39, 0.29) is 5.91 Å². The van der Waals surface area contributed by atoms with Crippen molar-refractivity contribution in [3.63, 3.8) is 0 Å². The van der Waals surface area contributed by atoms with Crippen molar-refractivity contribution in [3.8, 4) is 0 Å². The molecule has 1 amide bonds. The molecule has 0 spiro atoms. The van der Waals surface area contributed by atoms with E-state index in [1.54, 1.807) is 0 Å².